The van der Waals surface area contributed by atoms with E-state index in [9.17, 15) is 4.79 Å². The van der Waals surface area contributed by atoms with Gasteiger partial charge in [0.2, 0.25) is 0 Å². The molecule has 0 radical (unpaired) electrons. The molecule has 1 fully saturated rings. The van der Waals surface area contributed by atoms with Gasteiger partial charge in [0.1, 0.15) is 0 Å². The van der Waals surface area contributed by atoms with E-state index in [1.54, 1.807) is 0 Å². The molecule has 0 N–H and O–H groups in total. The molecule has 3 heteroatoms. The fourth-order valence-electron chi connectivity index (χ4n) is 5.34. The third kappa shape index (κ3) is 4.12. The number of hydrogen-bond acceptors (Lipinski definition) is 1. The highest BCUT2D eigenvalue weighted by Gasteiger charge is 2.31. The van der Waals surface area contributed by atoms with Gasteiger partial charge in [0.25, 0.3) is 0 Å². The average molecular weight is 405 g/mol. The number of fused-ring (bicyclic) bond motifs is 1. The first-order valence-corrected chi connectivity index (χ1v) is 11.8. The summed E-state index contributed by atoms with van der Waals surface area (Å²) in [5.41, 5.74) is 6.38. The number of carbonyl (C=O) groups is 1. The van der Waals surface area contributed by atoms with Gasteiger partial charge in [0.15, 0.2) is 0 Å². The third-order valence-corrected chi connectivity index (χ3v) is 6.86. The predicted molar refractivity (Wildman–Crippen MR) is 126 cm³/mol. The molecule has 0 unspecified atom stereocenters. The van der Waals surface area contributed by atoms with E-state index in [2.05, 4.69) is 70.2 Å². The molecule has 2 aromatic carbocycles. The highest BCUT2D eigenvalue weighted by Crippen LogP contribution is 2.36. The Morgan fingerprint density at radius 3 is 2.17 bits per heavy atom. The van der Waals surface area contributed by atoms with Gasteiger partial charge in [-0.15, -0.1) is 0 Å². The van der Waals surface area contributed by atoms with Crippen molar-refractivity contribution in [1.29, 1.82) is 0 Å². The van der Waals surface area contributed by atoms with E-state index in [1.165, 1.54) is 54.4 Å². The zero-order chi connectivity index (χ0) is 21.3. The standard InChI is InChI=1S/C27H36N2O/c1-19(2)29(20(3)4)27(30)28-17-16-25-18-24(14-15-26(25)28)23-12-10-22(11-13-23)21-8-6-5-7-9-21/h10-15,18-21H,5-9,16-17H2,1-4H3. The Labute approximate surface area is 182 Å². The summed E-state index contributed by atoms with van der Waals surface area (Å²) in [6.07, 6.45) is 7.75. The molecule has 0 aromatic heterocycles. The fourth-order valence-corrected chi connectivity index (χ4v) is 5.34. The lowest BCUT2D eigenvalue weighted by molar-refractivity contribution is 0.172. The van der Waals surface area contributed by atoms with Gasteiger partial charge < -0.3 is 4.90 Å². The van der Waals surface area contributed by atoms with Crippen LogP contribution in [0.3, 0.4) is 0 Å². The second-order valence-corrected chi connectivity index (χ2v) is 9.58. The molecule has 2 amide bonds. The van der Waals surface area contributed by atoms with E-state index >= 15 is 0 Å². The molecule has 1 saturated carbocycles. The van der Waals surface area contributed by atoms with Gasteiger partial charge >= 0.3 is 6.03 Å². The molecule has 0 bridgehead atoms. The topological polar surface area (TPSA) is 23.6 Å². The molecule has 4 rings (SSSR count). The molecule has 30 heavy (non-hydrogen) atoms. The highest BCUT2D eigenvalue weighted by molar-refractivity contribution is 5.95. The molecule has 2 aromatic rings. The average Bonchev–Trinajstić information content (AvgIpc) is 3.17. The first-order chi connectivity index (χ1) is 14.5. The van der Waals surface area contributed by atoms with Crippen molar-refractivity contribution in [1.82, 2.24) is 4.90 Å². The van der Waals surface area contributed by atoms with Crippen LogP contribution in [-0.4, -0.2) is 29.6 Å². The van der Waals surface area contributed by atoms with Gasteiger partial charge in [-0.25, -0.2) is 4.79 Å². The third-order valence-electron chi connectivity index (χ3n) is 6.86. The fraction of sp³-hybridized carbons (Fsp3) is 0.519. The zero-order valence-electron chi connectivity index (χ0n) is 19.0. The zero-order valence-corrected chi connectivity index (χ0v) is 19.0. The van der Waals surface area contributed by atoms with Gasteiger partial charge in [-0.05, 0) is 87.3 Å². The molecule has 3 nitrogen and oxygen atoms in total. The Bertz CT molecular complexity index is 870. The van der Waals surface area contributed by atoms with Crippen molar-refractivity contribution in [3.63, 3.8) is 0 Å². The number of benzene rings is 2. The lowest BCUT2D eigenvalue weighted by atomic mass is 9.83. The highest BCUT2D eigenvalue weighted by atomic mass is 16.2. The lowest BCUT2D eigenvalue weighted by Crippen LogP contribution is -2.49. The Balaban J connectivity index is 1.53. The van der Waals surface area contributed by atoms with Crippen LogP contribution in [0.15, 0.2) is 42.5 Å². The molecule has 0 spiro atoms. The van der Waals surface area contributed by atoms with Crippen molar-refractivity contribution >= 4 is 11.7 Å². The Morgan fingerprint density at radius 1 is 0.900 bits per heavy atom. The Hall–Kier alpha value is -2.29. The number of carbonyl (C=O) groups excluding carboxylic acids is 1. The predicted octanol–water partition coefficient (Wildman–Crippen LogP) is 7.00. The summed E-state index contributed by atoms with van der Waals surface area (Å²) in [6.45, 7) is 9.14. The van der Waals surface area contributed by atoms with Crippen molar-refractivity contribution < 1.29 is 4.79 Å². The second-order valence-electron chi connectivity index (χ2n) is 9.58. The minimum Gasteiger partial charge on any atom is -0.320 e. The van der Waals surface area contributed by atoms with Crippen LogP contribution in [0.2, 0.25) is 0 Å². The van der Waals surface area contributed by atoms with E-state index < -0.39 is 0 Å². The lowest BCUT2D eigenvalue weighted by Gasteiger charge is -2.34. The van der Waals surface area contributed by atoms with E-state index in [-0.39, 0.29) is 18.1 Å². The molecule has 1 heterocycles. The summed E-state index contributed by atoms with van der Waals surface area (Å²) in [4.78, 5) is 17.1. The second kappa shape index (κ2) is 8.83. The summed E-state index contributed by atoms with van der Waals surface area (Å²) < 4.78 is 0. The van der Waals surface area contributed by atoms with Crippen molar-refractivity contribution in [2.45, 2.75) is 84.2 Å². The maximum Gasteiger partial charge on any atom is 0.324 e. The number of urea groups is 1. The summed E-state index contributed by atoms with van der Waals surface area (Å²) in [7, 11) is 0. The number of hydrogen-bond donors (Lipinski definition) is 0. The van der Waals surface area contributed by atoms with Crippen LogP contribution in [0.25, 0.3) is 11.1 Å². The van der Waals surface area contributed by atoms with Crippen LogP contribution < -0.4 is 4.90 Å². The normalized spacial score (nSPS) is 16.9. The van der Waals surface area contributed by atoms with Crippen molar-refractivity contribution in [2.24, 2.45) is 0 Å². The molecule has 160 valence electrons. The maximum absolute atomic E-state index is 13.2. The monoisotopic (exact) mass is 404 g/mol. The van der Waals surface area contributed by atoms with E-state index in [1.807, 2.05) is 9.80 Å². The van der Waals surface area contributed by atoms with Crippen LogP contribution >= 0.6 is 0 Å². The van der Waals surface area contributed by atoms with E-state index in [0.29, 0.717) is 0 Å². The Morgan fingerprint density at radius 2 is 1.53 bits per heavy atom. The number of amides is 2. The molecular weight excluding hydrogens is 368 g/mol. The maximum atomic E-state index is 13.2. The van der Waals surface area contributed by atoms with Gasteiger partial charge in [-0.1, -0.05) is 49.6 Å². The molecule has 0 atom stereocenters. The van der Waals surface area contributed by atoms with Crippen LogP contribution in [0.4, 0.5) is 10.5 Å². The Kier molecular flexibility index (Phi) is 6.17. The first kappa shape index (κ1) is 21.0. The number of anilines is 1. The summed E-state index contributed by atoms with van der Waals surface area (Å²) in [6, 6.07) is 16.3. The van der Waals surface area contributed by atoms with Crippen molar-refractivity contribution in [3.8, 4) is 11.1 Å². The molecule has 0 saturated heterocycles. The van der Waals surface area contributed by atoms with E-state index in [0.717, 1.165) is 24.6 Å². The van der Waals surface area contributed by atoms with Crippen molar-refractivity contribution in [2.75, 3.05) is 11.4 Å². The van der Waals surface area contributed by atoms with Crippen LogP contribution in [0, 0.1) is 0 Å². The van der Waals surface area contributed by atoms with Crippen LogP contribution in [-0.2, 0) is 6.42 Å². The SMILES string of the molecule is CC(C)N(C(=O)N1CCc2cc(-c3ccc(C4CCCCC4)cc3)ccc21)C(C)C. The largest absolute Gasteiger partial charge is 0.324 e. The quantitative estimate of drug-likeness (QED) is 0.538. The first-order valence-electron chi connectivity index (χ1n) is 11.8. The molecule has 1 aliphatic heterocycles. The van der Waals surface area contributed by atoms with Crippen LogP contribution in [0.1, 0.15) is 76.8 Å². The van der Waals surface area contributed by atoms with Gasteiger partial charge in [0, 0.05) is 24.3 Å². The number of rotatable bonds is 4. The summed E-state index contributed by atoms with van der Waals surface area (Å²) in [5.74, 6) is 0.747. The smallest absolute Gasteiger partial charge is 0.320 e. The van der Waals surface area contributed by atoms with Crippen LogP contribution in [0.5, 0.6) is 0 Å². The summed E-state index contributed by atoms with van der Waals surface area (Å²) in [5, 5.41) is 0. The van der Waals surface area contributed by atoms with Gasteiger partial charge in [0.05, 0.1) is 0 Å². The molecule has 1 aliphatic carbocycles. The number of nitrogens with zero attached hydrogens (tertiary/aromatic N) is 2. The summed E-state index contributed by atoms with van der Waals surface area (Å²) >= 11 is 0. The van der Waals surface area contributed by atoms with Gasteiger partial charge in [-0.2, -0.15) is 0 Å². The van der Waals surface area contributed by atoms with Crippen molar-refractivity contribution in [3.05, 3.63) is 53.6 Å². The minimum atomic E-state index is 0.128. The molecular formula is C27H36N2O. The van der Waals surface area contributed by atoms with Gasteiger partial charge in [-0.3, -0.25) is 4.90 Å². The molecule has 2 aliphatic rings. The minimum absolute atomic E-state index is 0.128. The van der Waals surface area contributed by atoms with E-state index in [4.69, 9.17) is 0 Å².